The average molecular weight is 375 g/mol. The second-order valence-electron chi connectivity index (χ2n) is 5.97. The molecule has 1 N–H and O–H groups in total. The van der Waals surface area contributed by atoms with Crippen LogP contribution in [0.15, 0.2) is 27.1 Å². The molecule has 1 amide bonds. The maximum absolute atomic E-state index is 12.3. The molecule has 1 fully saturated rings. The van der Waals surface area contributed by atoms with E-state index in [0.717, 1.165) is 8.95 Å². The highest BCUT2D eigenvalue weighted by molar-refractivity contribution is 9.11. The van der Waals surface area contributed by atoms with Gasteiger partial charge in [-0.1, -0.05) is 43.6 Å². The SMILES string of the molecule is CC1(C)C(NC(=O)c2cc(Br)ccc2Br)C1(C)C. The van der Waals surface area contributed by atoms with E-state index in [4.69, 9.17) is 0 Å². The van der Waals surface area contributed by atoms with Crippen molar-refractivity contribution in [1.82, 2.24) is 5.32 Å². The largest absolute Gasteiger partial charge is 0.348 e. The first kappa shape index (κ1) is 14.1. The van der Waals surface area contributed by atoms with Crippen LogP contribution in [0.2, 0.25) is 0 Å². The highest BCUT2D eigenvalue weighted by Gasteiger charge is 2.65. The van der Waals surface area contributed by atoms with Gasteiger partial charge in [0.25, 0.3) is 5.91 Å². The summed E-state index contributed by atoms with van der Waals surface area (Å²) in [6.07, 6.45) is 0. The molecule has 0 spiro atoms. The molecule has 4 heteroatoms. The van der Waals surface area contributed by atoms with Crippen LogP contribution in [0.1, 0.15) is 38.1 Å². The molecule has 98 valence electrons. The molecule has 0 saturated heterocycles. The molecular weight excluding hydrogens is 358 g/mol. The van der Waals surface area contributed by atoms with Gasteiger partial charge in [0, 0.05) is 15.0 Å². The predicted molar refractivity (Wildman–Crippen MR) is 80.7 cm³/mol. The van der Waals surface area contributed by atoms with Gasteiger partial charge in [0.1, 0.15) is 0 Å². The molecular formula is C14H17Br2NO. The topological polar surface area (TPSA) is 29.1 Å². The molecule has 0 aromatic heterocycles. The molecule has 0 atom stereocenters. The summed E-state index contributed by atoms with van der Waals surface area (Å²) in [5.41, 5.74) is 0.977. The number of halogens is 2. The molecule has 2 rings (SSSR count). The summed E-state index contributed by atoms with van der Waals surface area (Å²) in [6, 6.07) is 5.85. The maximum atomic E-state index is 12.3. The Labute approximate surface area is 125 Å². The molecule has 1 aliphatic rings. The van der Waals surface area contributed by atoms with Crippen molar-refractivity contribution in [2.24, 2.45) is 10.8 Å². The Morgan fingerprint density at radius 1 is 1.17 bits per heavy atom. The predicted octanol–water partition coefficient (Wildman–Crippen LogP) is 4.38. The molecule has 0 aliphatic heterocycles. The van der Waals surface area contributed by atoms with E-state index in [2.05, 4.69) is 64.9 Å². The van der Waals surface area contributed by atoms with Crippen molar-refractivity contribution in [1.29, 1.82) is 0 Å². The molecule has 18 heavy (non-hydrogen) atoms. The third-order valence-electron chi connectivity index (χ3n) is 4.47. The van der Waals surface area contributed by atoms with Gasteiger partial charge in [0.2, 0.25) is 0 Å². The number of rotatable bonds is 2. The van der Waals surface area contributed by atoms with Crippen molar-refractivity contribution in [3.8, 4) is 0 Å². The molecule has 1 saturated carbocycles. The van der Waals surface area contributed by atoms with Crippen molar-refractivity contribution in [3.63, 3.8) is 0 Å². The smallest absolute Gasteiger partial charge is 0.252 e. The zero-order chi connectivity index (χ0) is 13.7. The lowest BCUT2D eigenvalue weighted by Crippen LogP contribution is -2.30. The van der Waals surface area contributed by atoms with Gasteiger partial charge in [-0.2, -0.15) is 0 Å². The van der Waals surface area contributed by atoms with Crippen molar-refractivity contribution >= 4 is 37.8 Å². The minimum Gasteiger partial charge on any atom is -0.348 e. The van der Waals surface area contributed by atoms with Gasteiger partial charge < -0.3 is 5.32 Å². The third kappa shape index (κ3) is 2.14. The first-order chi connectivity index (χ1) is 8.18. The van der Waals surface area contributed by atoms with Crippen LogP contribution in [0.3, 0.4) is 0 Å². The van der Waals surface area contributed by atoms with Gasteiger partial charge in [-0.05, 0) is 45.0 Å². The first-order valence-electron chi connectivity index (χ1n) is 5.94. The van der Waals surface area contributed by atoms with Gasteiger partial charge in [0.05, 0.1) is 5.56 Å². The normalized spacial score (nSPS) is 20.6. The second kappa shape index (κ2) is 4.34. The number of benzene rings is 1. The zero-order valence-electron chi connectivity index (χ0n) is 11.0. The van der Waals surface area contributed by atoms with Crippen LogP contribution in [0.4, 0.5) is 0 Å². The molecule has 0 heterocycles. The lowest BCUT2D eigenvalue weighted by Gasteiger charge is -2.09. The van der Waals surface area contributed by atoms with Gasteiger partial charge >= 0.3 is 0 Å². The van der Waals surface area contributed by atoms with E-state index in [1.807, 2.05) is 18.2 Å². The molecule has 0 unspecified atom stereocenters. The van der Waals surface area contributed by atoms with Gasteiger partial charge in [-0.3, -0.25) is 4.79 Å². The van der Waals surface area contributed by atoms with Crippen molar-refractivity contribution in [2.75, 3.05) is 0 Å². The van der Waals surface area contributed by atoms with Gasteiger partial charge in [-0.25, -0.2) is 0 Å². The quantitative estimate of drug-likeness (QED) is 0.817. The lowest BCUT2D eigenvalue weighted by atomic mass is 10.0. The number of amides is 1. The Balaban J connectivity index is 2.17. The first-order valence-corrected chi connectivity index (χ1v) is 7.52. The van der Waals surface area contributed by atoms with Crippen LogP contribution in [-0.4, -0.2) is 11.9 Å². The monoisotopic (exact) mass is 373 g/mol. The second-order valence-corrected chi connectivity index (χ2v) is 7.74. The van der Waals surface area contributed by atoms with Crippen molar-refractivity contribution in [2.45, 2.75) is 33.7 Å². The molecule has 1 aliphatic carbocycles. The number of carbonyl (C=O) groups excluding carboxylic acids is 1. The van der Waals surface area contributed by atoms with Crippen LogP contribution in [0.5, 0.6) is 0 Å². The summed E-state index contributed by atoms with van der Waals surface area (Å²) in [5, 5.41) is 3.13. The molecule has 1 aromatic carbocycles. The Morgan fingerprint density at radius 2 is 1.72 bits per heavy atom. The van der Waals surface area contributed by atoms with E-state index in [1.165, 1.54) is 0 Å². The summed E-state index contributed by atoms with van der Waals surface area (Å²) < 4.78 is 1.73. The van der Waals surface area contributed by atoms with E-state index in [0.29, 0.717) is 5.56 Å². The van der Waals surface area contributed by atoms with E-state index < -0.39 is 0 Å². The highest BCUT2D eigenvalue weighted by Crippen LogP contribution is 2.62. The highest BCUT2D eigenvalue weighted by atomic mass is 79.9. The minimum atomic E-state index is -0.0215. The Bertz CT molecular complexity index is 495. The summed E-state index contributed by atoms with van der Waals surface area (Å²) in [5.74, 6) is -0.0215. The summed E-state index contributed by atoms with van der Waals surface area (Å²) >= 11 is 6.81. The van der Waals surface area contributed by atoms with Crippen LogP contribution in [0.25, 0.3) is 0 Å². The standard InChI is InChI=1S/C14H17Br2NO/c1-13(2)12(14(13,3)4)17-11(18)9-7-8(15)5-6-10(9)16/h5-7,12H,1-4H3,(H,17,18). The Morgan fingerprint density at radius 3 is 2.22 bits per heavy atom. The van der Waals surface area contributed by atoms with Gasteiger partial charge in [-0.15, -0.1) is 0 Å². The molecule has 0 radical (unpaired) electrons. The number of hydrogen-bond acceptors (Lipinski definition) is 1. The third-order valence-corrected chi connectivity index (χ3v) is 5.65. The fourth-order valence-electron chi connectivity index (χ4n) is 2.44. The van der Waals surface area contributed by atoms with Crippen molar-refractivity contribution < 1.29 is 4.79 Å². The fourth-order valence-corrected chi connectivity index (χ4v) is 3.23. The number of carbonyl (C=O) groups is 1. The van der Waals surface area contributed by atoms with E-state index >= 15 is 0 Å². The van der Waals surface area contributed by atoms with E-state index in [-0.39, 0.29) is 22.8 Å². The average Bonchev–Trinajstić information content (AvgIpc) is 2.64. The Hall–Kier alpha value is -0.350. The lowest BCUT2D eigenvalue weighted by molar-refractivity contribution is 0.0943. The number of nitrogens with one attached hydrogen (secondary N) is 1. The van der Waals surface area contributed by atoms with E-state index in [1.54, 1.807) is 0 Å². The van der Waals surface area contributed by atoms with Gasteiger partial charge in [0.15, 0.2) is 0 Å². The van der Waals surface area contributed by atoms with Crippen LogP contribution in [-0.2, 0) is 0 Å². The molecule has 2 nitrogen and oxygen atoms in total. The van der Waals surface area contributed by atoms with Crippen LogP contribution < -0.4 is 5.32 Å². The van der Waals surface area contributed by atoms with Crippen molar-refractivity contribution in [3.05, 3.63) is 32.7 Å². The minimum absolute atomic E-state index is 0.0215. The fraction of sp³-hybridized carbons (Fsp3) is 0.500. The summed E-state index contributed by atoms with van der Waals surface area (Å²) in [6.45, 7) is 8.75. The summed E-state index contributed by atoms with van der Waals surface area (Å²) in [4.78, 5) is 12.3. The molecule has 0 bridgehead atoms. The molecule has 1 aromatic rings. The zero-order valence-corrected chi connectivity index (χ0v) is 14.1. The van der Waals surface area contributed by atoms with Crippen LogP contribution >= 0.6 is 31.9 Å². The maximum Gasteiger partial charge on any atom is 0.252 e. The summed E-state index contributed by atoms with van der Waals surface area (Å²) in [7, 11) is 0. The number of hydrogen-bond donors (Lipinski definition) is 1. The van der Waals surface area contributed by atoms with Crippen LogP contribution in [0, 0.1) is 10.8 Å². The van der Waals surface area contributed by atoms with E-state index in [9.17, 15) is 4.79 Å². The Kier molecular flexibility index (Phi) is 3.39.